The summed E-state index contributed by atoms with van der Waals surface area (Å²) in [5.41, 5.74) is 7.43. The number of alkyl halides is 3. The lowest BCUT2D eigenvalue weighted by Crippen LogP contribution is -2.06. The fourth-order valence-electron chi connectivity index (χ4n) is 2.03. The minimum atomic E-state index is -4.32. The van der Waals surface area contributed by atoms with Crippen molar-refractivity contribution in [3.8, 4) is 0 Å². The Morgan fingerprint density at radius 3 is 2.60 bits per heavy atom. The molecule has 1 heterocycles. The van der Waals surface area contributed by atoms with Crippen LogP contribution in [-0.2, 0) is 19.0 Å². The van der Waals surface area contributed by atoms with E-state index in [0.29, 0.717) is 17.1 Å². The Labute approximate surface area is 119 Å². The number of anilines is 1. The third kappa shape index (κ3) is 3.12. The average molecular weight is 300 g/mol. The highest BCUT2D eigenvalue weighted by Crippen LogP contribution is 2.32. The summed E-state index contributed by atoms with van der Waals surface area (Å²) in [6.07, 6.45) is -3.16. The van der Waals surface area contributed by atoms with Crippen LogP contribution in [0.3, 0.4) is 0 Å². The molecule has 0 aliphatic carbocycles. The number of thiazole rings is 1. The van der Waals surface area contributed by atoms with Gasteiger partial charge in [-0.15, -0.1) is 11.3 Å². The summed E-state index contributed by atoms with van der Waals surface area (Å²) in [6, 6.07) is 3.83. The van der Waals surface area contributed by atoms with Gasteiger partial charge in [-0.2, -0.15) is 13.2 Å². The van der Waals surface area contributed by atoms with E-state index in [1.165, 1.54) is 23.5 Å². The molecule has 2 N–H and O–H groups in total. The van der Waals surface area contributed by atoms with Crippen LogP contribution in [-0.4, -0.2) is 4.98 Å². The van der Waals surface area contributed by atoms with E-state index in [0.717, 1.165) is 28.6 Å². The minimum Gasteiger partial charge on any atom is -0.375 e. The number of hydrogen-bond acceptors (Lipinski definition) is 3. The van der Waals surface area contributed by atoms with Gasteiger partial charge in [0.15, 0.2) is 5.13 Å². The van der Waals surface area contributed by atoms with Crippen LogP contribution in [0.2, 0.25) is 0 Å². The first kappa shape index (κ1) is 14.8. The van der Waals surface area contributed by atoms with Crippen molar-refractivity contribution in [3.63, 3.8) is 0 Å². The van der Waals surface area contributed by atoms with E-state index in [-0.39, 0.29) is 0 Å². The number of aryl methyl sites for hydroxylation is 2. The van der Waals surface area contributed by atoms with Crippen molar-refractivity contribution in [2.75, 3.05) is 5.73 Å². The Morgan fingerprint density at radius 2 is 2.00 bits per heavy atom. The fraction of sp³-hybridized carbons (Fsp3) is 0.357. The van der Waals surface area contributed by atoms with Gasteiger partial charge >= 0.3 is 6.18 Å². The topological polar surface area (TPSA) is 38.9 Å². The Morgan fingerprint density at radius 1 is 1.30 bits per heavy atom. The van der Waals surface area contributed by atoms with Crippen molar-refractivity contribution >= 4 is 16.5 Å². The first-order valence-corrected chi connectivity index (χ1v) is 7.03. The van der Waals surface area contributed by atoms with Crippen LogP contribution >= 0.6 is 11.3 Å². The van der Waals surface area contributed by atoms with Crippen molar-refractivity contribution in [2.24, 2.45) is 0 Å². The molecule has 0 aliphatic heterocycles. The van der Waals surface area contributed by atoms with Gasteiger partial charge in [0, 0.05) is 11.3 Å². The summed E-state index contributed by atoms with van der Waals surface area (Å²) in [5.74, 6) is 0. The number of rotatable bonds is 3. The molecule has 1 aromatic heterocycles. The molecule has 0 bridgehead atoms. The van der Waals surface area contributed by atoms with E-state index >= 15 is 0 Å². The second kappa shape index (κ2) is 5.44. The summed E-state index contributed by atoms with van der Waals surface area (Å²) < 4.78 is 38.3. The molecule has 0 saturated heterocycles. The van der Waals surface area contributed by atoms with Gasteiger partial charge in [0.25, 0.3) is 0 Å². The first-order chi connectivity index (χ1) is 9.31. The van der Waals surface area contributed by atoms with Crippen LogP contribution in [0, 0.1) is 6.92 Å². The van der Waals surface area contributed by atoms with Gasteiger partial charge in [0.1, 0.15) is 0 Å². The number of halogens is 3. The summed E-state index contributed by atoms with van der Waals surface area (Å²) in [5, 5.41) is 0.460. The number of nitrogens with two attached hydrogens (primary N) is 1. The first-order valence-electron chi connectivity index (χ1n) is 6.22. The quantitative estimate of drug-likeness (QED) is 0.922. The molecule has 2 nitrogen and oxygen atoms in total. The third-order valence-corrected chi connectivity index (χ3v) is 4.08. The van der Waals surface area contributed by atoms with E-state index in [1.54, 1.807) is 0 Å². The predicted molar refractivity (Wildman–Crippen MR) is 74.9 cm³/mol. The van der Waals surface area contributed by atoms with Crippen molar-refractivity contribution < 1.29 is 13.2 Å². The normalized spacial score (nSPS) is 11.8. The molecule has 1 aromatic carbocycles. The Kier molecular flexibility index (Phi) is 4.04. The van der Waals surface area contributed by atoms with Crippen LogP contribution in [0.25, 0.3) is 0 Å². The van der Waals surface area contributed by atoms with E-state index in [4.69, 9.17) is 5.73 Å². The summed E-state index contributed by atoms with van der Waals surface area (Å²) >= 11 is 1.34. The number of aromatic nitrogens is 1. The van der Waals surface area contributed by atoms with E-state index in [1.807, 2.05) is 13.8 Å². The molecular formula is C14H15F3N2S. The maximum absolute atomic E-state index is 12.8. The van der Waals surface area contributed by atoms with Gasteiger partial charge in [-0.05, 0) is 36.6 Å². The lowest BCUT2D eigenvalue weighted by Gasteiger charge is -2.11. The van der Waals surface area contributed by atoms with Crippen molar-refractivity contribution in [3.05, 3.63) is 45.5 Å². The zero-order chi connectivity index (χ0) is 14.9. The van der Waals surface area contributed by atoms with Gasteiger partial charge in [0.2, 0.25) is 0 Å². The van der Waals surface area contributed by atoms with Crippen LogP contribution in [0.4, 0.5) is 18.3 Å². The Balaban J connectivity index is 2.37. The second-order valence-electron chi connectivity index (χ2n) is 4.59. The van der Waals surface area contributed by atoms with E-state index in [9.17, 15) is 13.2 Å². The van der Waals surface area contributed by atoms with E-state index < -0.39 is 11.7 Å². The molecule has 2 rings (SSSR count). The molecular weight excluding hydrogens is 285 g/mol. The highest BCUT2D eigenvalue weighted by molar-refractivity contribution is 7.15. The molecule has 0 spiro atoms. The minimum absolute atomic E-state index is 0.438. The van der Waals surface area contributed by atoms with Crippen LogP contribution in [0.15, 0.2) is 18.2 Å². The number of nitrogens with zero attached hydrogens (tertiary/aromatic N) is 1. The maximum atomic E-state index is 12.8. The molecule has 0 aliphatic rings. The molecule has 108 valence electrons. The van der Waals surface area contributed by atoms with Gasteiger partial charge in [0.05, 0.1) is 11.3 Å². The average Bonchev–Trinajstić information content (AvgIpc) is 2.71. The molecule has 0 fully saturated rings. The standard InChI is InChI=1S/C14H15F3N2S/c1-3-11-12(20-13(18)19-11)7-9-6-10(14(15,16)17)5-4-8(9)2/h4-6H,3,7H2,1-2H3,(H2,18,19). The van der Waals surface area contributed by atoms with Gasteiger partial charge in [-0.25, -0.2) is 4.98 Å². The Hall–Kier alpha value is -1.56. The highest BCUT2D eigenvalue weighted by atomic mass is 32.1. The Bertz CT molecular complexity index is 617. The van der Waals surface area contributed by atoms with Gasteiger partial charge in [-0.1, -0.05) is 13.0 Å². The van der Waals surface area contributed by atoms with Gasteiger partial charge in [-0.3, -0.25) is 0 Å². The number of hydrogen-bond donors (Lipinski definition) is 1. The molecule has 0 atom stereocenters. The maximum Gasteiger partial charge on any atom is 0.416 e. The largest absolute Gasteiger partial charge is 0.416 e. The summed E-state index contributed by atoms with van der Waals surface area (Å²) in [7, 11) is 0. The predicted octanol–water partition coefficient (Wildman–Crippen LogP) is 4.21. The molecule has 0 radical (unpaired) electrons. The second-order valence-corrected chi connectivity index (χ2v) is 5.71. The van der Waals surface area contributed by atoms with Gasteiger partial charge < -0.3 is 5.73 Å². The molecule has 2 aromatic rings. The van der Waals surface area contributed by atoms with E-state index in [2.05, 4.69) is 4.98 Å². The SMILES string of the molecule is CCc1nc(N)sc1Cc1cc(C(F)(F)F)ccc1C. The number of nitrogen functional groups attached to an aromatic ring is 1. The molecule has 0 saturated carbocycles. The molecule has 20 heavy (non-hydrogen) atoms. The van der Waals surface area contributed by atoms with Crippen LogP contribution in [0.5, 0.6) is 0 Å². The smallest absolute Gasteiger partial charge is 0.375 e. The lowest BCUT2D eigenvalue weighted by molar-refractivity contribution is -0.137. The van der Waals surface area contributed by atoms with Crippen molar-refractivity contribution in [1.82, 2.24) is 4.98 Å². The lowest BCUT2D eigenvalue weighted by atomic mass is 10.0. The van der Waals surface area contributed by atoms with Crippen LogP contribution < -0.4 is 5.73 Å². The highest BCUT2D eigenvalue weighted by Gasteiger charge is 2.30. The summed E-state index contributed by atoms with van der Waals surface area (Å²) in [4.78, 5) is 5.14. The zero-order valence-electron chi connectivity index (χ0n) is 11.2. The third-order valence-electron chi connectivity index (χ3n) is 3.16. The number of benzene rings is 1. The van der Waals surface area contributed by atoms with Crippen LogP contribution in [0.1, 0.15) is 34.2 Å². The van der Waals surface area contributed by atoms with Crippen molar-refractivity contribution in [1.29, 1.82) is 0 Å². The molecule has 0 amide bonds. The van der Waals surface area contributed by atoms with Crippen molar-refractivity contribution in [2.45, 2.75) is 32.9 Å². The molecule has 0 unspecified atom stereocenters. The zero-order valence-corrected chi connectivity index (χ0v) is 12.0. The molecule has 6 heteroatoms. The monoisotopic (exact) mass is 300 g/mol. The fourth-order valence-corrected chi connectivity index (χ4v) is 2.97. The summed E-state index contributed by atoms with van der Waals surface area (Å²) in [6.45, 7) is 3.77.